The third-order valence-corrected chi connectivity index (χ3v) is 3.56. The van der Waals surface area contributed by atoms with Gasteiger partial charge in [-0.2, -0.15) is 0 Å². The summed E-state index contributed by atoms with van der Waals surface area (Å²) >= 11 is 0. The van der Waals surface area contributed by atoms with Crippen molar-refractivity contribution in [3.63, 3.8) is 0 Å². The lowest BCUT2D eigenvalue weighted by molar-refractivity contribution is 0.0987. The maximum Gasteiger partial charge on any atom is 0.163 e. The molecule has 1 aromatic rings. The van der Waals surface area contributed by atoms with Crippen molar-refractivity contribution in [2.75, 3.05) is 21.2 Å². The lowest BCUT2D eigenvalue weighted by atomic mass is 9.94. The molecule has 3 heteroatoms. The van der Waals surface area contributed by atoms with Crippen molar-refractivity contribution >= 4 is 11.4 Å². The molecule has 0 bridgehead atoms. The quantitative estimate of drug-likeness (QED) is 0.767. The molecule has 0 atom stereocenters. The highest BCUT2D eigenvalue weighted by Crippen LogP contribution is 2.34. The number of ether oxygens (including phenoxy) is 1. The van der Waals surface area contributed by atoms with Gasteiger partial charge in [0.15, 0.2) is 5.78 Å². The largest absolute Gasteiger partial charge is 0.497 e. The maximum absolute atomic E-state index is 12.2. The Balaban J connectivity index is 2.57. The predicted octanol–water partition coefficient (Wildman–Crippen LogP) is 3.52. The predicted molar refractivity (Wildman–Crippen MR) is 82.0 cm³/mol. The van der Waals surface area contributed by atoms with Crippen LogP contribution in [0.25, 0.3) is 5.57 Å². The average molecular weight is 271 g/mol. The Labute approximate surface area is 120 Å². The van der Waals surface area contributed by atoms with Gasteiger partial charge in [-0.15, -0.1) is 0 Å². The maximum atomic E-state index is 12.2. The molecule has 1 aliphatic carbocycles. The first kappa shape index (κ1) is 14.4. The van der Waals surface area contributed by atoms with E-state index in [-0.39, 0.29) is 5.78 Å². The van der Waals surface area contributed by atoms with Gasteiger partial charge in [-0.05, 0) is 35.8 Å². The SMILES string of the molecule is CCC(=O)c1cc(OC)ccc1C1=C(N(C)C)C=CC1. The summed E-state index contributed by atoms with van der Waals surface area (Å²) in [4.78, 5) is 14.3. The lowest BCUT2D eigenvalue weighted by Gasteiger charge is -2.18. The summed E-state index contributed by atoms with van der Waals surface area (Å²) in [6.45, 7) is 1.89. The summed E-state index contributed by atoms with van der Waals surface area (Å²) in [7, 11) is 5.67. The van der Waals surface area contributed by atoms with Gasteiger partial charge in [0.1, 0.15) is 5.75 Å². The Kier molecular flexibility index (Phi) is 4.28. The molecule has 0 radical (unpaired) electrons. The minimum absolute atomic E-state index is 0.149. The van der Waals surface area contributed by atoms with Crippen LogP contribution in [-0.4, -0.2) is 31.9 Å². The number of Topliss-reactive ketones (excluding diaryl/α,β-unsaturated/α-hetero) is 1. The fraction of sp³-hybridized carbons (Fsp3) is 0.353. The molecule has 106 valence electrons. The molecular weight excluding hydrogens is 250 g/mol. The summed E-state index contributed by atoms with van der Waals surface area (Å²) in [6.07, 6.45) is 5.61. The number of hydrogen-bond donors (Lipinski definition) is 0. The van der Waals surface area contributed by atoms with E-state index < -0.39 is 0 Å². The number of hydrogen-bond acceptors (Lipinski definition) is 3. The zero-order valence-electron chi connectivity index (χ0n) is 12.6. The van der Waals surface area contributed by atoms with Gasteiger partial charge in [0.25, 0.3) is 0 Å². The van der Waals surface area contributed by atoms with E-state index in [1.807, 2.05) is 39.2 Å². The molecule has 0 heterocycles. The zero-order chi connectivity index (χ0) is 14.7. The monoisotopic (exact) mass is 271 g/mol. The number of carbonyl (C=O) groups is 1. The molecule has 0 amide bonds. The van der Waals surface area contributed by atoms with Gasteiger partial charge in [-0.25, -0.2) is 0 Å². The van der Waals surface area contributed by atoms with Crippen LogP contribution < -0.4 is 4.74 Å². The van der Waals surface area contributed by atoms with Crippen LogP contribution in [0.2, 0.25) is 0 Å². The molecule has 2 rings (SSSR count). The van der Waals surface area contributed by atoms with E-state index in [2.05, 4.69) is 17.1 Å². The number of nitrogens with zero attached hydrogens (tertiary/aromatic N) is 1. The summed E-state index contributed by atoms with van der Waals surface area (Å²) in [5.41, 5.74) is 4.14. The minimum Gasteiger partial charge on any atom is -0.497 e. The molecule has 0 aromatic heterocycles. The second-order valence-electron chi connectivity index (χ2n) is 5.05. The molecule has 0 saturated carbocycles. The van der Waals surface area contributed by atoms with E-state index in [4.69, 9.17) is 4.74 Å². The number of carbonyl (C=O) groups excluding carboxylic acids is 1. The van der Waals surface area contributed by atoms with Crippen LogP contribution in [0.3, 0.4) is 0 Å². The Morgan fingerprint density at radius 1 is 1.35 bits per heavy atom. The first-order valence-electron chi connectivity index (χ1n) is 6.87. The molecule has 1 aromatic carbocycles. The lowest BCUT2D eigenvalue weighted by Crippen LogP contribution is -2.11. The molecule has 0 unspecified atom stereocenters. The first-order valence-corrected chi connectivity index (χ1v) is 6.87. The number of rotatable bonds is 5. The molecule has 0 saturated heterocycles. The van der Waals surface area contributed by atoms with Gasteiger partial charge in [-0.1, -0.05) is 19.1 Å². The summed E-state index contributed by atoms with van der Waals surface area (Å²) in [6, 6.07) is 5.76. The topological polar surface area (TPSA) is 29.5 Å². The van der Waals surface area contributed by atoms with Gasteiger partial charge in [0.05, 0.1) is 7.11 Å². The number of allylic oxidation sites excluding steroid dienone is 3. The van der Waals surface area contributed by atoms with Gasteiger partial charge < -0.3 is 9.64 Å². The number of benzene rings is 1. The molecule has 0 N–H and O–H groups in total. The molecule has 1 aliphatic rings. The molecule has 20 heavy (non-hydrogen) atoms. The van der Waals surface area contributed by atoms with Gasteiger partial charge >= 0.3 is 0 Å². The van der Waals surface area contributed by atoms with Gasteiger partial charge in [-0.3, -0.25) is 4.79 Å². The number of likely N-dealkylation sites (N-methyl/N-ethyl adjacent to an activating group) is 1. The van der Waals surface area contributed by atoms with E-state index in [9.17, 15) is 4.79 Å². The second-order valence-corrected chi connectivity index (χ2v) is 5.05. The van der Waals surface area contributed by atoms with Crippen molar-refractivity contribution in [1.82, 2.24) is 4.90 Å². The fourth-order valence-corrected chi connectivity index (χ4v) is 2.50. The smallest absolute Gasteiger partial charge is 0.163 e. The van der Waals surface area contributed by atoms with Crippen molar-refractivity contribution in [1.29, 1.82) is 0 Å². The summed E-state index contributed by atoms with van der Waals surface area (Å²) in [5.74, 6) is 0.875. The van der Waals surface area contributed by atoms with Crippen molar-refractivity contribution < 1.29 is 9.53 Å². The normalized spacial score (nSPS) is 13.8. The van der Waals surface area contributed by atoms with E-state index in [0.29, 0.717) is 6.42 Å². The first-order chi connectivity index (χ1) is 9.58. The van der Waals surface area contributed by atoms with Gasteiger partial charge in [0, 0.05) is 31.8 Å². The highest BCUT2D eigenvalue weighted by Gasteiger charge is 2.19. The highest BCUT2D eigenvalue weighted by molar-refractivity contribution is 6.01. The van der Waals surface area contributed by atoms with E-state index in [0.717, 1.165) is 23.3 Å². The van der Waals surface area contributed by atoms with Crippen LogP contribution in [0, 0.1) is 0 Å². The Bertz CT molecular complexity index is 583. The molecular formula is C17H21NO2. The zero-order valence-corrected chi connectivity index (χ0v) is 12.6. The van der Waals surface area contributed by atoms with E-state index in [1.165, 1.54) is 11.3 Å². The highest BCUT2D eigenvalue weighted by atomic mass is 16.5. The van der Waals surface area contributed by atoms with Crippen LogP contribution in [0.4, 0.5) is 0 Å². The number of ketones is 1. The van der Waals surface area contributed by atoms with Crippen molar-refractivity contribution in [3.05, 3.63) is 47.2 Å². The number of methoxy groups -OCH3 is 1. The van der Waals surface area contributed by atoms with Gasteiger partial charge in [0.2, 0.25) is 0 Å². The van der Waals surface area contributed by atoms with Crippen LogP contribution in [0.15, 0.2) is 36.0 Å². The van der Waals surface area contributed by atoms with Crippen LogP contribution in [0.1, 0.15) is 35.7 Å². The van der Waals surface area contributed by atoms with Crippen LogP contribution in [0.5, 0.6) is 5.75 Å². The third-order valence-electron chi connectivity index (χ3n) is 3.56. The van der Waals surface area contributed by atoms with Crippen LogP contribution >= 0.6 is 0 Å². The second kappa shape index (κ2) is 5.95. The average Bonchev–Trinajstić information content (AvgIpc) is 2.95. The Morgan fingerprint density at radius 2 is 2.10 bits per heavy atom. The third kappa shape index (κ3) is 2.62. The Morgan fingerprint density at radius 3 is 2.70 bits per heavy atom. The fourth-order valence-electron chi connectivity index (χ4n) is 2.50. The van der Waals surface area contributed by atoms with Crippen LogP contribution in [-0.2, 0) is 0 Å². The minimum atomic E-state index is 0.149. The molecule has 0 fully saturated rings. The molecule has 3 nitrogen and oxygen atoms in total. The summed E-state index contributed by atoms with van der Waals surface area (Å²) in [5, 5.41) is 0. The van der Waals surface area contributed by atoms with Crippen molar-refractivity contribution in [3.8, 4) is 5.75 Å². The standard InChI is InChI=1S/C17H21NO2/c1-5-17(19)15-11-12(20-4)9-10-13(15)14-7-6-8-16(14)18(2)3/h6,8-11H,5,7H2,1-4H3. The molecule has 0 spiro atoms. The summed E-state index contributed by atoms with van der Waals surface area (Å²) < 4.78 is 5.25. The van der Waals surface area contributed by atoms with E-state index in [1.54, 1.807) is 7.11 Å². The van der Waals surface area contributed by atoms with Crippen molar-refractivity contribution in [2.45, 2.75) is 19.8 Å². The Hall–Kier alpha value is -2.03. The van der Waals surface area contributed by atoms with Crippen molar-refractivity contribution in [2.24, 2.45) is 0 Å². The molecule has 0 aliphatic heterocycles. The van der Waals surface area contributed by atoms with E-state index >= 15 is 0 Å².